The van der Waals surface area contributed by atoms with Gasteiger partial charge in [-0.1, -0.05) is 0 Å². The van der Waals surface area contributed by atoms with Crippen molar-refractivity contribution in [3.63, 3.8) is 0 Å². The molecule has 1 heterocycles. The lowest BCUT2D eigenvalue weighted by Crippen LogP contribution is -2.30. The van der Waals surface area contributed by atoms with Crippen LogP contribution < -0.4 is 0 Å². The quantitative estimate of drug-likeness (QED) is 0.755. The highest BCUT2D eigenvalue weighted by Gasteiger charge is 2.13. The number of nitrogens with zero attached hydrogens (tertiary/aromatic N) is 2. The standard InChI is InChI=1S/C9H14N2O2S/c1-7-10-8(6-14-7)9(12)11(2)4-5-13-3/h6H,4-5H2,1-3H3. The number of likely N-dealkylation sites (N-methyl/N-ethyl adjacent to an activating group) is 1. The van der Waals surface area contributed by atoms with Gasteiger partial charge in [-0.15, -0.1) is 11.3 Å². The smallest absolute Gasteiger partial charge is 0.273 e. The Balaban J connectivity index is 2.56. The molecule has 0 radical (unpaired) electrons. The normalized spacial score (nSPS) is 10.2. The summed E-state index contributed by atoms with van der Waals surface area (Å²) in [5, 5.41) is 2.69. The third-order valence-electron chi connectivity index (χ3n) is 1.82. The van der Waals surface area contributed by atoms with Crippen molar-refractivity contribution in [3.8, 4) is 0 Å². The van der Waals surface area contributed by atoms with Crippen LogP contribution in [-0.4, -0.2) is 43.1 Å². The maximum atomic E-state index is 11.7. The fourth-order valence-corrected chi connectivity index (χ4v) is 1.57. The number of amides is 1. The average molecular weight is 214 g/mol. The summed E-state index contributed by atoms with van der Waals surface area (Å²) >= 11 is 1.48. The summed E-state index contributed by atoms with van der Waals surface area (Å²) in [5.74, 6) is -0.0496. The van der Waals surface area contributed by atoms with Gasteiger partial charge in [-0.05, 0) is 6.92 Å². The molecule has 0 spiro atoms. The van der Waals surface area contributed by atoms with Crippen LogP contribution in [0.15, 0.2) is 5.38 Å². The van der Waals surface area contributed by atoms with Crippen LogP contribution in [0.4, 0.5) is 0 Å². The molecule has 0 aromatic carbocycles. The largest absolute Gasteiger partial charge is 0.383 e. The van der Waals surface area contributed by atoms with Crippen molar-refractivity contribution >= 4 is 17.2 Å². The van der Waals surface area contributed by atoms with Gasteiger partial charge >= 0.3 is 0 Å². The summed E-state index contributed by atoms with van der Waals surface area (Å²) in [6.45, 7) is 3.02. The van der Waals surface area contributed by atoms with Crippen molar-refractivity contribution in [2.45, 2.75) is 6.92 Å². The van der Waals surface area contributed by atoms with Crippen LogP contribution in [0.2, 0.25) is 0 Å². The number of carbonyl (C=O) groups is 1. The van der Waals surface area contributed by atoms with E-state index >= 15 is 0 Å². The van der Waals surface area contributed by atoms with Gasteiger partial charge in [0, 0.05) is 26.1 Å². The van der Waals surface area contributed by atoms with E-state index in [4.69, 9.17) is 4.74 Å². The van der Waals surface area contributed by atoms with Crippen LogP contribution in [0.3, 0.4) is 0 Å². The fraction of sp³-hybridized carbons (Fsp3) is 0.556. The lowest BCUT2D eigenvalue weighted by molar-refractivity contribution is 0.0739. The zero-order valence-corrected chi connectivity index (χ0v) is 9.43. The van der Waals surface area contributed by atoms with Crippen LogP contribution in [-0.2, 0) is 4.74 Å². The van der Waals surface area contributed by atoms with Crippen molar-refractivity contribution in [1.82, 2.24) is 9.88 Å². The first-order valence-corrected chi connectivity index (χ1v) is 5.19. The van der Waals surface area contributed by atoms with E-state index in [2.05, 4.69) is 4.98 Å². The van der Waals surface area contributed by atoms with Crippen molar-refractivity contribution in [2.24, 2.45) is 0 Å². The van der Waals surface area contributed by atoms with E-state index < -0.39 is 0 Å². The average Bonchev–Trinajstić information content (AvgIpc) is 2.60. The van der Waals surface area contributed by atoms with Gasteiger partial charge in [0.25, 0.3) is 5.91 Å². The molecule has 0 fully saturated rings. The number of hydrogen-bond acceptors (Lipinski definition) is 4. The first kappa shape index (κ1) is 11.1. The second kappa shape index (κ2) is 5.07. The van der Waals surface area contributed by atoms with Gasteiger partial charge in [-0.25, -0.2) is 4.98 Å². The predicted octanol–water partition coefficient (Wildman–Crippen LogP) is 1.17. The van der Waals surface area contributed by atoms with Gasteiger partial charge in [-0.2, -0.15) is 0 Å². The summed E-state index contributed by atoms with van der Waals surface area (Å²) in [5.41, 5.74) is 0.520. The molecule has 1 aromatic heterocycles. The Bertz CT molecular complexity index is 312. The first-order chi connectivity index (χ1) is 6.65. The van der Waals surface area contributed by atoms with E-state index in [-0.39, 0.29) is 5.91 Å². The van der Waals surface area contributed by atoms with Crippen LogP contribution in [0.25, 0.3) is 0 Å². The molecular formula is C9H14N2O2S. The molecule has 1 rings (SSSR count). The molecule has 0 bridgehead atoms. The van der Waals surface area contributed by atoms with Gasteiger partial charge in [-0.3, -0.25) is 4.79 Å². The number of carbonyl (C=O) groups excluding carboxylic acids is 1. The number of ether oxygens (including phenoxy) is 1. The molecule has 78 valence electrons. The molecule has 0 aliphatic heterocycles. The predicted molar refractivity (Wildman–Crippen MR) is 55.7 cm³/mol. The first-order valence-electron chi connectivity index (χ1n) is 4.31. The van der Waals surface area contributed by atoms with Crippen LogP contribution >= 0.6 is 11.3 Å². The molecular weight excluding hydrogens is 200 g/mol. The van der Waals surface area contributed by atoms with Crippen LogP contribution in [0, 0.1) is 6.92 Å². The minimum atomic E-state index is -0.0496. The second-order valence-corrected chi connectivity index (χ2v) is 4.03. The molecule has 0 N–H and O–H groups in total. The van der Waals surface area contributed by atoms with E-state index in [0.29, 0.717) is 18.8 Å². The molecule has 1 aromatic rings. The van der Waals surface area contributed by atoms with Gasteiger partial charge in [0.2, 0.25) is 0 Å². The number of methoxy groups -OCH3 is 1. The molecule has 0 unspecified atom stereocenters. The van der Waals surface area contributed by atoms with E-state index in [1.807, 2.05) is 6.92 Å². The van der Waals surface area contributed by atoms with E-state index in [0.717, 1.165) is 5.01 Å². The molecule has 0 atom stereocenters. The molecule has 1 amide bonds. The molecule has 5 heteroatoms. The Labute approximate surface area is 87.5 Å². The zero-order valence-electron chi connectivity index (χ0n) is 8.61. The van der Waals surface area contributed by atoms with Gasteiger partial charge < -0.3 is 9.64 Å². The molecule has 0 aliphatic carbocycles. The maximum absolute atomic E-state index is 11.7. The summed E-state index contributed by atoms with van der Waals surface area (Å²) < 4.78 is 4.89. The Hall–Kier alpha value is -0.940. The minimum Gasteiger partial charge on any atom is -0.383 e. The number of aryl methyl sites for hydroxylation is 1. The SMILES string of the molecule is COCCN(C)C(=O)c1csc(C)n1. The summed E-state index contributed by atoms with van der Waals surface area (Å²) in [6.07, 6.45) is 0. The molecule has 0 saturated carbocycles. The van der Waals surface area contributed by atoms with Crippen LogP contribution in [0.1, 0.15) is 15.5 Å². The molecule has 14 heavy (non-hydrogen) atoms. The van der Waals surface area contributed by atoms with Gasteiger partial charge in [0.05, 0.1) is 11.6 Å². The fourth-order valence-electron chi connectivity index (χ4n) is 0.987. The summed E-state index contributed by atoms with van der Waals surface area (Å²) in [6, 6.07) is 0. The van der Waals surface area contributed by atoms with E-state index in [9.17, 15) is 4.79 Å². The second-order valence-electron chi connectivity index (χ2n) is 2.97. The van der Waals surface area contributed by atoms with Gasteiger partial charge in [0.15, 0.2) is 0 Å². The van der Waals surface area contributed by atoms with E-state index in [1.165, 1.54) is 11.3 Å². The monoisotopic (exact) mass is 214 g/mol. The Morgan fingerprint density at radius 3 is 2.93 bits per heavy atom. The highest BCUT2D eigenvalue weighted by atomic mass is 32.1. The third-order valence-corrected chi connectivity index (χ3v) is 2.59. The molecule has 0 aliphatic rings. The third kappa shape index (κ3) is 2.78. The molecule has 4 nitrogen and oxygen atoms in total. The van der Waals surface area contributed by atoms with Crippen molar-refractivity contribution in [1.29, 1.82) is 0 Å². The van der Waals surface area contributed by atoms with Crippen LogP contribution in [0.5, 0.6) is 0 Å². The topological polar surface area (TPSA) is 42.4 Å². The number of rotatable bonds is 4. The van der Waals surface area contributed by atoms with E-state index in [1.54, 1.807) is 24.4 Å². The number of aromatic nitrogens is 1. The lowest BCUT2D eigenvalue weighted by atomic mass is 10.4. The number of thiazole rings is 1. The lowest BCUT2D eigenvalue weighted by Gasteiger charge is -2.14. The highest BCUT2D eigenvalue weighted by Crippen LogP contribution is 2.09. The van der Waals surface area contributed by atoms with Crippen molar-refractivity contribution < 1.29 is 9.53 Å². The molecule has 0 saturated heterocycles. The highest BCUT2D eigenvalue weighted by molar-refractivity contribution is 7.09. The Kier molecular flexibility index (Phi) is 4.03. The number of hydrogen-bond donors (Lipinski definition) is 0. The maximum Gasteiger partial charge on any atom is 0.273 e. The zero-order chi connectivity index (χ0) is 10.6. The minimum absolute atomic E-state index is 0.0496. The summed E-state index contributed by atoms with van der Waals surface area (Å²) in [7, 11) is 3.36. The van der Waals surface area contributed by atoms with Crippen molar-refractivity contribution in [2.75, 3.05) is 27.3 Å². The van der Waals surface area contributed by atoms with Gasteiger partial charge in [0.1, 0.15) is 5.69 Å². The summed E-state index contributed by atoms with van der Waals surface area (Å²) in [4.78, 5) is 17.4. The van der Waals surface area contributed by atoms with Crippen molar-refractivity contribution in [3.05, 3.63) is 16.1 Å². The Morgan fingerprint density at radius 1 is 1.71 bits per heavy atom. The Morgan fingerprint density at radius 2 is 2.43 bits per heavy atom.